The largest absolute Gasteiger partial charge is 0.332 e. The molecule has 0 bridgehead atoms. The molecule has 0 atom stereocenters. The molecule has 12 heavy (non-hydrogen) atoms. The van der Waals surface area contributed by atoms with Crippen LogP contribution in [0.5, 0.6) is 0 Å². The minimum Gasteiger partial charge on any atom is -0.332 e. The van der Waals surface area contributed by atoms with Crippen LogP contribution in [0.2, 0.25) is 0 Å². The van der Waals surface area contributed by atoms with Crippen LogP contribution in [0, 0.1) is 5.92 Å². The molecule has 0 aromatic carbocycles. The van der Waals surface area contributed by atoms with Crippen molar-refractivity contribution in [2.75, 3.05) is 0 Å². The summed E-state index contributed by atoms with van der Waals surface area (Å²) in [6.07, 6.45) is 9.73. The van der Waals surface area contributed by atoms with Crippen molar-refractivity contribution in [3.05, 3.63) is 12.2 Å². The Kier molecular flexibility index (Phi) is 2.39. The number of aromatic nitrogens is 3. The Balaban J connectivity index is 1.74. The van der Waals surface area contributed by atoms with Crippen LogP contribution in [0.15, 0.2) is 6.33 Å². The van der Waals surface area contributed by atoms with Crippen molar-refractivity contribution in [2.45, 2.75) is 38.5 Å². The second kappa shape index (κ2) is 3.70. The van der Waals surface area contributed by atoms with E-state index in [-0.39, 0.29) is 0 Å². The van der Waals surface area contributed by atoms with Gasteiger partial charge in [0, 0.05) is 6.42 Å². The molecule has 0 spiro atoms. The number of nitrogens with zero attached hydrogens (tertiary/aromatic N) is 2. The Hall–Kier alpha value is -0.860. The normalized spacial score (nSPS) is 18.7. The molecule has 1 aromatic rings. The molecule has 66 valence electrons. The molecule has 2 rings (SSSR count). The highest BCUT2D eigenvalue weighted by Crippen LogP contribution is 2.28. The van der Waals surface area contributed by atoms with Crippen LogP contribution >= 0.6 is 0 Å². The first-order chi connectivity index (χ1) is 5.95. The fraction of sp³-hybridized carbons (Fsp3) is 0.778. The molecule has 1 saturated carbocycles. The number of nitrogens with one attached hydrogen (secondary N) is 1. The molecule has 0 unspecified atom stereocenters. The summed E-state index contributed by atoms with van der Waals surface area (Å²) in [6, 6.07) is 0. The van der Waals surface area contributed by atoms with Gasteiger partial charge in [0.25, 0.3) is 0 Å². The maximum atomic E-state index is 3.97. The summed E-state index contributed by atoms with van der Waals surface area (Å²) in [7, 11) is 0. The Morgan fingerprint density at radius 1 is 1.42 bits per heavy atom. The van der Waals surface area contributed by atoms with Crippen molar-refractivity contribution in [3.8, 4) is 0 Å². The van der Waals surface area contributed by atoms with Crippen molar-refractivity contribution in [1.82, 2.24) is 15.2 Å². The molecular weight excluding hydrogens is 150 g/mol. The number of rotatable bonds is 3. The molecule has 1 fully saturated rings. The van der Waals surface area contributed by atoms with Crippen LogP contribution in [0.3, 0.4) is 0 Å². The fourth-order valence-electron chi connectivity index (χ4n) is 1.99. The standard InChI is InChI=1S/C9H15N3/c1-2-4-8(3-1)5-6-9-10-7-11-12-9/h7-8H,1-6H2,(H,10,11,12). The van der Waals surface area contributed by atoms with Gasteiger partial charge in [-0.3, -0.25) is 0 Å². The zero-order valence-electron chi connectivity index (χ0n) is 7.29. The maximum Gasteiger partial charge on any atom is 0.130 e. The lowest BCUT2D eigenvalue weighted by Gasteiger charge is -2.05. The zero-order valence-corrected chi connectivity index (χ0v) is 7.29. The molecule has 0 amide bonds. The van der Waals surface area contributed by atoms with Gasteiger partial charge in [-0.25, -0.2) is 0 Å². The zero-order chi connectivity index (χ0) is 8.23. The van der Waals surface area contributed by atoms with Gasteiger partial charge < -0.3 is 4.98 Å². The lowest BCUT2D eigenvalue weighted by molar-refractivity contribution is 0.497. The molecule has 1 aliphatic carbocycles. The Morgan fingerprint density at radius 3 is 2.92 bits per heavy atom. The van der Waals surface area contributed by atoms with Crippen molar-refractivity contribution in [2.24, 2.45) is 5.92 Å². The highest BCUT2D eigenvalue weighted by atomic mass is 15.2. The molecule has 1 heterocycles. The van der Waals surface area contributed by atoms with Gasteiger partial charge >= 0.3 is 0 Å². The third kappa shape index (κ3) is 1.84. The summed E-state index contributed by atoms with van der Waals surface area (Å²) in [5.41, 5.74) is 0. The first-order valence-corrected chi connectivity index (χ1v) is 4.80. The van der Waals surface area contributed by atoms with E-state index in [4.69, 9.17) is 0 Å². The molecule has 1 N–H and O–H groups in total. The SMILES string of the molecule is c1nnc(CCC2CCCC2)[nH]1. The summed E-state index contributed by atoms with van der Waals surface area (Å²) in [6.45, 7) is 0. The molecule has 1 aromatic heterocycles. The lowest BCUT2D eigenvalue weighted by atomic mass is 10.0. The Labute approximate surface area is 72.6 Å². The summed E-state index contributed by atoms with van der Waals surface area (Å²) in [5, 5.41) is 7.73. The first-order valence-electron chi connectivity index (χ1n) is 4.80. The summed E-state index contributed by atoms with van der Waals surface area (Å²) >= 11 is 0. The van der Waals surface area contributed by atoms with Gasteiger partial charge in [-0.15, -0.1) is 10.2 Å². The van der Waals surface area contributed by atoms with E-state index in [9.17, 15) is 0 Å². The number of hydrogen-bond acceptors (Lipinski definition) is 2. The van der Waals surface area contributed by atoms with Crippen LogP contribution in [-0.2, 0) is 6.42 Å². The Morgan fingerprint density at radius 2 is 2.25 bits per heavy atom. The average molecular weight is 165 g/mol. The van der Waals surface area contributed by atoms with E-state index in [0.29, 0.717) is 0 Å². The maximum absolute atomic E-state index is 3.97. The third-order valence-electron chi connectivity index (χ3n) is 2.73. The number of aryl methyl sites for hydroxylation is 1. The molecule has 0 radical (unpaired) electrons. The molecular formula is C9H15N3. The number of hydrogen-bond donors (Lipinski definition) is 1. The van der Waals surface area contributed by atoms with Gasteiger partial charge in [0.1, 0.15) is 12.2 Å². The second-order valence-electron chi connectivity index (χ2n) is 3.62. The van der Waals surface area contributed by atoms with Gasteiger partial charge in [0.15, 0.2) is 0 Å². The summed E-state index contributed by atoms with van der Waals surface area (Å²) in [4.78, 5) is 3.04. The molecule has 3 nitrogen and oxygen atoms in total. The average Bonchev–Trinajstić information content (AvgIpc) is 2.74. The van der Waals surface area contributed by atoms with Gasteiger partial charge in [0.05, 0.1) is 0 Å². The topological polar surface area (TPSA) is 41.6 Å². The highest BCUT2D eigenvalue weighted by molar-refractivity contribution is 4.81. The van der Waals surface area contributed by atoms with E-state index < -0.39 is 0 Å². The van der Waals surface area contributed by atoms with E-state index in [1.165, 1.54) is 32.1 Å². The highest BCUT2D eigenvalue weighted by Gasteiger charge is 2.14. The van der Waals surface area contributed by atoms with Crippen molar-refractivity contribution in [3.63, 3.8) is 0 Å². The second-order valence-corrected chi connectivity index (χ2v) is 3.62. The van der Waals surface area contributed by atoms with Crippen LogP contribution < -0.4 is 0 Å². The van der Waals surface area contributed by atoms with Crippen molar-refractivity contribution < 1.29 is 0 Å². The van der Waals surface area contributed by atoms with Gasteiger partial charge in [-0.1, -0.05) is 25.7 Å². The van der Waals surface area contributed by atoms with Gasteiger partial charge in [0.2, 0.25) is 0 Å². The fourth-order valence-corrected chi connectivity index (χ4v) is 1.99. The monoisotopic (exact) mass is 165 g/mol. The third-order valence-corrected chi connectivity index (χ3v) is 2.73. The van der Waals surface area contributed by atoms with Crippen LogP contribution in [0.25, 0.3) is 0 Å². The minimum atomic E-state index is 0.954. The van der Waals surface area contributed by atoms with Gasteiger partial charge in [-0.05, 0) is 12.3 Å². The van der Waals surface area contributed by atoms with E-state index in [0.717, 1.165) is 18.2 Å². The molecule has 0 aliphatic heterocycles. The Bertz CT molecular complexity index is 212. The quantitative estimate of drug-likeness (QED) is 0.743. The van der Waals surface area contributed by atoms with E-state index in [2.05, 4.69) is 15.2 Å². The molecule has 0 saturated heterocycles. The molecule has 3 heteroatoms. The number of H-pyrrole nitrogens is 1. The smallest absolute Gasteiger partial charge is 0.130 e. The minimum absolute atomic E-state index is 0.954. The molecule has 1 aliphatic rings. The van der Waals surface area contributed by atoms with Gasteiger partial charge in [-0.2, -0.15) is 0 Å². The lowest BCUT2D eigenvalue weighted by Crippen LogP contribution is -1.97. The number of aromatic amines is 1. The summed E-state index contributed by atoms with van der Waals surface area (Å²) < 4.78 is 0. The first kappa shape index (κ1) is 7.77. The predicted octanol–water partition coefficient (Wildman–Crippen LogP) is 1.93. The van der Waals surface area contributed by atoms with Crippen molar-refractivity contribution >= 4 is 0 Å². The van der Waals surface area contributed by atoms with E-state index in [1.807, 2.05) is 0 Å². The van der Waals surface area contributed by atoms with Crippen LogP contribution in [-0.4, -0.2) is 15.2 Å². The predicted molar refractivity (Wildman–Crippen MR) is 46.7 cm³/mol. The van der Waals surface area contributed by atoms with E-state index in [1.54, 1.807) is 6.33 Å². The van der Waals surface area contributed by atoms with E-state index >= 15 is 0 Å². The summed E-state index contributed by atoms with van der Waals surface area (Å²) in [5.74, 6) is 2.00. The van der Waals surface area contributed by atoms with Crippen LogP contribution in [0.1, 0.15) is 37.9 Å². The van der Waals surface area contributed by atoms with Crippen LogP contribution in [0.4, 0.5) is 0 Å². The van der Waals surface area contributed by atoms with Crippen molar-refractivity contribution in [1.29, 1.82) is 0 Å².